The number of fused-ring (bicyclic) bond motifs is 1. The molecule has 0 aromatic carbocycles. The maximum atomic E-state index is 6.00. The van der Waals surface area contributed by atoms with Crippen molar-refractivity contribution < 1.29 is 0 Å². The highest BCUT2D eigenvalue weighted by molar-refractivity contribution is 6.31. The summed E-state index contributed by atoms with van der Waals surface area (Å²) in [6.45, 7) is 5.94. The van der Waals surface area contributed by atoms with E-state index in [1.54, 1.807) is 6.20 Å². The number of nitrogens with zero attached hydrogens (tertiary/aromatic N) is 3. The van der Waals surface area contributed by atoms with Crippen molar-refractivity contribution in [3.05, 3.63) is 23.1 Å². The number of aryl methyl sites for hydroxylation is 1. The first-order chi connectivity index (χ1) is 9.21. The van der Waals surface area contributed by atoms with Gasteiger partial charge in [0.15, 0.2) is 5.65 Å². The summed E-state index contributed by atoms with van der Waals surface area (Å²) in [7, 11) is 0. The van der Waals surface area contributed by atoms with E-state index >= 15 is 0 Å². The summed E-state index contributed by atoms with van der Waals surface area (Å²) in [5, 5.41) is 0.632. The Morgan fingerprint density at radius 2 is 2.11 bits per heavy atom. The van der Waals surface area contributed by atoms with Crippen molar-refractivity contribution in [2.24, 2.45) is 5.73 Å². The van der Waals surface area contributed by atoms with Gasteiger partial charge in [-0.25, -0.2) is 9.97 Å². The van der Waals surface area contributed by atoms with E-state index in [1.807, 2.05) is 6.07 Å². The summed E-state index contributed by atoms with van der Waals surface area (Å²) >= 11 is 6.00. The summed E-state index contributed by atoms with van der Waals surface area (Å²) in [6, 6.07) is 1.88. The van der Waals surface area contributed by atoms with Crippen molar-refractivity contribution in [1.82, 2.24) is 14.5 Å². The second-order valence-corrected chi connectivity index (χ2v) is 5.21. The van der Waals surface area contributed by atoms with Gasteiger partial charge in [0.2, 0.25) is 0 Å². The van der Waals surface area contributed by atoms with Crippen molar-refractivity contribution in [3.63, 3.8) is 0 Å². The molecule has 19 heavy (non-hydrogen) atoms. The number of nitrogens with two attached hydrogens (primary N) is 1. The summed E-state index contributed by atoms with van der Waals surface area (Å²) in [6.07, 6.45) is 4.77. The highest BCUT2D eigenvalue weighted by Gasteiger charge is 2.18. The fourth-order valence-electron chi connectivity index (χ4n) is 2.44. The van der Waals surface area contributed by atoms with Gasteiger partial charge in [0, 0.05) is 18.7 Å². The lowest BCUT2D eigenvalue weighted by atomic mass is 10.0. The van der Waals surface area contributed by atoms with E-state index in [1.165, 1.54) is 0 Å². The van der Waals surface area contributed by atoms with Gasteiger partial charge in [0.1, 0.15) is 11.3 Å². The Balaban J connectivity index is 2.53. The van der Waals surface area contributed by atoms with Gasteiger partial charge in [0.05, 0.1) is 5.02 Å². The molecule has 0 amide bonds. The minimum Gasteiger partial charge on any atom is -0.330 e. The lowest BCUT2D eigenvalue weighted by Crippen LogP contribution is -2.12. The fraction of sp³-hybridized carbons (Fsp3) is 0.571. The van der Waals surface area contributed by atoms with E-state index in [0.717, 1.165) is 42.8 Å². The van der Waals surface area contributed by atoms with E-state index in [0.29, 0.717) is 17.5 Å². The predicted octanol–water partition coefficient (Wildman–Crippen LogP) is 3.34. The molecule has 0 bridgehead atoms. The number of hydrogen-bond acceptors (Lipinski definition) is 3. The van der Waals surface area contributed by atoms with Crippen LogP contribution in [0.1, 0.15) is 44.9 Å². The van der Waals surface area contributed by atoms with Crippen LogP contribution in [0.4, 0.5) is 0 Å². The molecule has 5 heteroatoms. The maximum absolute atomic E-state index is 6.00. The number of aromatic nitrogens is 3. The lowest BCUT2D eigenvalue weighted by Gasteiger charge is -2.14. The smallest absolute Gasteiger partial charge is 0.160 e. The molecule has 0 atom stereocenters. The van der Waals surface area contributed by atoms with Crippen molar-refractivity contribution in [1.29, 1.82) is 0 Å². The summed E-state index contributed by atoms with van der Waals surface area (Å²) < 4.78 is 2.20. The topological polar surface area (TPSA) is 56.7 Å². The van der Waals surface area contributed by atoms with E-state index in [2.05, 4.69) is 23.4 Å². The van der Waals surface area contributed by atoms with Crippen LogP contribution in [0.2, 0.25) is 5.02 Å². The molecule has 2 heterocycles. The Labute approximate surface area is 119 Å². The fourth-order valence-corrected chi connectivity index (χ4v) is 2.59. The summed E-state index contributed by atoms with van der Waals surface area (Å²) in [5.41, 5.74) is 7.43. The van der Waals surface area contributed by atoms with Crippen LogP contribution in [0.15, 0.2) is 12.3 Å². The molecule has 104 valence electrons. The molecule has 0 aliphatic carbocycles. The molecule has 4 nitrogen and oxygen atoms in total. The highest BCUT2D eigenvalue weighted by Crippen LogP contribution is 2.27. The third kappa shape index (κ3) is 2.90. The largest absolute Gasteiger partial charge is 0.330 e. The Morgan fingerprint density at radius 3 is 2.74 bits per heavy atom. The van der Waals surface area contributed by atoms with Gasteiger partial charge in [-0.3, -0.25) is 0 Å². The van der Waals surface area contributed by atoms with E-state index in [4.69, 9.17) is 22.3 Å². The second-order valence-electron chi connectivity index (χ2n) is 4.77. The molecule has 2 rings (SSSR count). The number of halogens is 1. The van der Waals surface area contributed by atoms with Crippen molar-refractivity contribution in [3.8, 4) is 0 Å². The molecule has 0 aliphatic heterocycles. The Kier molecular flexibility index (Phi) is 4.77. The molecule has 0 radical (unpaired) electrons. The molecule has 0 unspecified atom stereocenters. The van der Waals surface area contributed by atoms with Gasteiger partial charge in [-0.2, -0.15) is 0 Å². The van der Waals surface area contributed by atoms with Crippen LogP contribution in [0.5, 0.6) is 0 Å². The lowest BCUT2D eigenvalue weighted by molar-refractivity contribution is 0.542. The summed E-state index contributed by atoms with van der Waals surface area (Å²) in [5.74, 6) is 1.58. The van der Waals surface area contributed by atoms with Gasteiger partial charge < -0.3 is 10.3 Å². The zero-order valence-corrected chi connectivity index (χ0v) is 12.3. The molecule has 2 aromatic rings. The van der Waals surface area contributed by atoms with Crippen molar-refractivity contribution >= 4 is 22.8 Å². The molecule has 0 aliphatic rings. The number of rotatable bonds is 6. The van der Waals surface area contributed by atoms with Crippen LogP contribution >= 0.6 is 11.6 Å². The van der Waals surface area contributed by atoms with Gasteiger partial charge in [-0.15, -0.1) is 0 Å². The molecule has 0 saturated carbocycles. The van der Waals surface area contributed by atoms with Gasteiger partial charge >= 0.3 is 0 Å². The molecule has 2 aromatic heterocycles. The molecular formula is C14H21ClN4. The summed E-state index contributed by atoms with van der Waals surface area (Å²) in [4.78, 5) is 9.18. The standard InChI is InChI=1S/C14H21ClN4/c1-3-10(4-2)13-18-12-8-11(15)9-17-14(12)19(13)7-5-6-16/h8-10H,3-7,16H2,1-2H3. The Bertz CT molecular complexity index is 546. The molecular weight excluding hydrogens is 260 g/mol. The minimum atomic E-state index is 0.464. The van der Waals surface area contributed by atoms with E-state index in [9.17, 15) is 0 Å². The first kappa shape index (κ1) is 14.3. The molecule has 0 spiro atoms. The van der Waals surface area contributed by atoms with Crippen molar-refractivity contribution in [2.75, 3.05) is 6.54 Å². The van der Waals surface area contributed by atoms with Gasteiger partial charge in [-0.1, -0.05) is 25.4 Å². The highest BCUT2D eigenvalue weighted by atomic mass is 35.5. The van der Waals surface area contributed by atoms with Crippen LogP contribution in [0, 0.1) is 0 Å². The van der Waals surface area contributed by atoms with Crippen LogP contribution < -0.4 is 5.73 Å². The number of pyridine rings is 1. The zero-order chi connectivity index (χ0) is 13.8. The monoisotopic (exact) mass is 280 g/mol. The molecule has 0 fully saturated rings. The van der Waals surface area contributed by atoms with Crippen LogP contribution in [0.3, 0.4) is 0 Å². The average molecular weight is 281 g/mol. The maximum Gasteiger partial charge on any atom is 0.160 e. The predicted molar refractivity (Wildman–Crippen MR) is 79.5 cm³/mol. The van der Waals surface area contributed by atoms with E-state index < -0.39 is 0 Å². The Morgan fingerprint density at radius 1 is 1.37 bits per heavy atom. The molecule has 2 N–H and O–H groups in total. The molecule has 0 saturated heterocycles. The second kappa shape index (κ2) is 6.35. The van der Waals surface area contributed by atoms with E-state index in [-0.39, 0.29) is 0 Å². The Hall–Kier alpha value is -1.13. The van der Waals surface area contributed by atoms with Crippen molar-refractivity contribution in [2.45, 2.75) is 45.6 Å². The minimum absolute atomic E-state index is 0.464. The first-order valence-electron chi connectivity index (χ1n) is 6.93. The zero-order valence-electron chi connectivity index (χ0n) is 11.6. The number of imidazole rings is 1. The quantitative estimate of drug-likeness (QED) is 0.883. The van der Waals surface area contributed by atoms with Gasteiger partial charge in [-0.05, 0) is 31.9 Å². The average Bonchev–Trinajstić information content (AvgIpc) is 2.75. The normalized spacial score (nSPS) is 11.6. The number of hydrogen-bond donors (Lipinski definition) is 1. The third-order valence-corrected chi connectivity index (χ3v) is 3.72. The van der Waals surface area contributed by atoms with Crippen LogP contribution in [0.25, 0.3) is 11.2 Å². The third-order valence-electron chi connectivity index (χ3n) is 3.52. The van der Waals surface area contributed by atoms with Gasteiger partial charge in [0.25, 0.3) is 0 Å². The van der Waals surface area contributed by atoms with Crippen LogP contribution in [-0.4, -0.2) is 21.1 Å². The SMILES string of the molecule is CCC(CC)c1nc2cc(Cl)cnc2n1CCCN. The van der Waals surface area contributed by atoms with Crippen LogP contribution in [-0.2, 0) is 6.54 Å². The first-order valence-corrected chi connectivity index (χ1v) is 7.30.